The van der Waals surface area contributed by atoms with Gasteiger partial charge in [-0.25, -0.2) is 9.82 Å². The van der Waals surface area contributed by atoms with E-state index in [1.807, 2.05) is 0 Å². The summed E-state index contributed by atoms with van der Waals surface area (Å²) >= 11 is 3.12. The van der Waals surface area contributed by atoms with Crippen LogP contribution in [0.4, 0.5) is 17.6 Å². The Labute approximate surface area is 127 Å². The SMILES string of the molecule is NNC(c1cccc(C(F)(F)F)c1)c1ccc(Br)cc1F. The van der Waals surface area contributed by atoms with Crippen LogP contribution in [0.5, 0.6) is 0 Å². The molecule has 0 heterocycles. The van der Waals surface area contributed by atoms with Crippen molar-refractivity contribution in [1.82, 2.24) is 5.43 Å². The molecule has 2 rings (SSSR count). The quantitative estimate of drug-likeness (QED) is 0.488. The molecule has 2 aromatic rings. The summed E-state index contributed by atoms with van der Waals surface area (Å²) in [5.41, 5.74) is 1.94. The molecule has 0 saturated heterocycles. The number of hydrogen-bond donors (Lipinski definition) is 2. The lowest BCUT2D eigenvalue weighted by Gasteiger charge is -2.19. The Morgan fingerprint density at radius 2 is 1.81 bits per heavy atom. The first-order chi connectivity index (χ1) is 9.82. The van der Waals surface area contributed by atoms with E-state index in [4.69, 9.17) is 5.84 Å². The summed E-state index contributed by atoms with van der Waals surface area (Å²) < 4.78 is 52.7. The zero-order valence-corrected chi connectivity index (χ0v) is 12.2. The molecule has 0 aliphatic heterocycles. The largest absolute Gasteiger partial charge is 0.416 e. The summed E-state index contributed by atoms with van der Waals surface area (Å²) in [6.45, 7) is 0. The lowest BCUT2D eigenvalue weighted by Crippen LogP contribution is -2.29. The van der Waals surface area contributed by atoms with Gasteiger partial charge in [-0.1, -0.05) is 34.1 Å². The number of nitrogens with two attached hydrogens (primary N) is 1. The Morgan fingerprint density at radius 1 is 1.10 bits per heavy atom. The molecular weight excluding hydrogens is 352 g/mol. The van der Waals surface area contributed by atoms with Crippen molar-refractivity contribution < 1.29 is 17.6 Å². The van der Waals surface area contributed by atoms with Crippen LogP contribution in [-0.2, 0) is 6.18 Å². The highest BCUT2D eigenvalue weighted by atomic mass is 79.9. The highest BCUT2D eigenvalue weighted by Gasteiger charge is 2.31. The third kappa shape index (κ3) is 3.61. The number of alkyl halides is 3. The van der Waals surface area contributed by atoms with E-state index in [0.29, 0.717) is 4.47 Å². The van der Waals surface area contributed by atoms with Crippen molar-refractivity contribution in [1.29, 1.82) is 0 Å². The third-order valence-electron chi connectivity index (χ3n) is 2.99. The van der Waals surface area contributed by atoms with Crippen LogP contribution in [0.3, 0.4) is 0 Å². The first kappa shape index (κ1) is 15.9. The maximum atomic E-state index is 14.0. The Balaban J connectivity index is 2.47. The van der Waals surface area contributed by atoms with Crippen LogP contribution in [0, 0.1) is 5.82 Å². The molecule has 0 bridgehead atoms. The van der Waals surface area contributed by atoms with Gasteiger partial charge in [-0.05, 0) is 29.8 Å². The Kier molecular flexibility index (Phi) is 4.65. The lowest BCUT2D eigenvalue weighted by atomic mass is 9.97. The van der Waals surface area contributed by atoms with Crippen molar-refractivity contribution in [3.8, 4) is 0 Å². The fourth-order valence-corrected chi connectivity index (χ4v) is 2.33. The summed E-state index contributed by atoms with van der Waals surface area (Å²) in [4.78, 5) is 0. The molecule has 0 saturated carbocycles. The van der Waals surface area contributed by atoms with Crippen molar-refractivity contribution in [3.63, 3.8) is 0 Å². The molecule has 1 atom stereocenters. The maximum absolute atomic E-state index is 14.0. The molecule has 21 heavy (non-hydrogen) atoms. The highest BCUT2D eigenvalue weighted by molar-refractivity contribution is 9.10. The lowest BCUT2D eigenvalue weighted by molar-refractivity contribution is -0.137. The predicted octanol–water partition coefficient (Wildman–Crippen LogP) is 4.16. The van der Waals surface area contributed by atoms with E-state index in [1.165, 1.54) is 24.3 Å². The first-order valence-corrected chi connectivity index (χ1v) is 6.70. The number of hydrazine groups is 1. The zero-order valence-electron chi connectivity index (χ0n) is 10.6. The summed E-state index contributed by atoms with van der Waals surface area (Å²) in [5, 5.41) is 0. The van der Waals surface area contributed by atoms with Gasteiger partial charge in [0.1, 0.15) is 5.82 Å². The van der Waals surface area contributed by atoms with Gasteiger partial charge < -0.3 is 0 Å². The summed E-state index contributed by atoms with van der Waals surface area (Å²) in [5.74, 6) is 4.83. The molecule has 2 aromatic carbocycles. The van der Waals surface area contributed by atoms with E-state index in [9.17, 15) is 17.6 Å². The minimum atomic E-state index is -4.46. The topological polar surface area (TPSA) is 38.0 Å². The van der Waals surface area contributed by atoms with E-state index < -0.39 is 23.6 Å². The monoisotopic (exact) mass is 362 g/mol. The fourth-order valence-electron chi connectivity index (χ4n) is 2.00. The van der Waals surface area contributed by atoms with Crippen LogP contribution in [0.2, 0.25) is 0 Å². The Morgan fingerprint density at radius 3 is 2.38 bits per heavy atom. The molecule has 0 aliphatic rings. The van der Waals surface area contributed by atoms with Gasteiger partial charge in [0.05, 0.1) is 11.6 Å². The highest BCUT2D eigenvalue weighted by Crippen LogP contribution is 2.32. The second-order valence-corrected chi connectivity index (χ2v) is 5.30. The second kappa shape index (κ2) is 6.13. The molecule has 0 aromatic heterocycles. The minimum absolute atomic E-state index is 0.167. The second-order valence-electron chi connectivity index (χ2n) is 4.39. The van der Waals surface area contributed by atoms with Crippen LogP contribution in [0.15, 0.2) is 46.9 Å². The average Bonchev–Trinajstić information content (AvgIpc) is 2.41. The van der Waals surface area contributed by atoms with Gasteiger partial charge in [0, 0.05) is 10.0 Å². The molecule has 0 amide bonds. The Bertz CT molecular complexity index is 643. The van der Waals surface area contributed by atoms with Gasteiger partial charge in [-0.2, -0.15) is 13.2 Å². The van der Waals surface area contributed by atoms with E-state index in [1.54, 1.807) is 6.07 Å². The van der Waals surface area contributed by atoms with Gasteiger partial charge in [0.2, 0.25) is 0 Å². The first-order valence-electron chi connectivity index (χ1n) is 5.91. The van der Waals surface area contributed by atoms with Gasteiger partial charge >= 0.3 is 6.18 Å². The molecule has 7 heteroatoms. The number of rotatable bonds is 3. The van der Waals surface area contributed by atoms with Crippen molar-refractivity contribution in [2.75, 3.05) is 0 Å². The minimum Gasteiger partial charge on any atom is -0.271 e. The van der Waals surface area contributed by atoms with Crippen LogP contribution < -0.4 is 11.3 Å². The molecule has 1 unspecified atom stereocenters. The van der Waals surface area contributed by atoms with Crippen LogP contribution in [0.1, 0.15) is 22.7 Å². The number of hydrogen-bond acceptors (Lipinski definition) is 2. The summed E-state index contributed by atoms with van der Waals surface area (Å²) in [6.07, 6.45) is -4.46. The van der Waals surface area contributed by atoms with Gasteiger partial charge in [-0.3, -0.25) is 5.84 Å². The Hall–Kier alpha value is -1.44. The van der Waals surface area contributed by atoms with Crippen molar-refractivity contribution in [2.45, 2.75) is 12.2 Å². The fraction of sp³-hybridized carbons (Fsp3) is 0.143. The molecule has 0 fully saturated rings. The van der Waals surface area contributed by atoms with Gasteiger partial charge in [-0.15, -0.1) is 0 Å². The number of benzene rings is 2. The van der Waals surface area contributed by atoms with E-state index >= 15 is 0 Å². The zero-order chi connectivity index (χ0) is 15.6. The van der Waals surface area contributed by atoms with E-state index in [0.717, 1.165) is 12.1 Å². The van der Waals surface area contributed by atoms with E-state index in [-0.39, 0.29) is 11.1 Å². The van der Waals surface area contributed by atoms with Crippen LogP contribution >= 0.6 is 15.9 Å². The molecule has 0 spiro atoms. The maximum Gasteiger partial charge on any atom is 0.416 e. The molecule has 0 radical (unpaired) electrons. The third-order valence-corrected chi connectivity index (χ3v) is 3.48. The van der Waals surface area contributed by atoms with Crippen molar-refractivity contribution >= 4 is 15.9 Å². The standard InChI is InChI=1S/C14H11BrF4N2/c15-10-4-5-11(12(16)7-10)13(21-20)8-2-1-3-9(6-8)14(17,18)19/h1-7,13,21H,20H2. The summed E-state index contributed by atoms with van der Waals surface area (Å²) in [6, 6.07) is 8.04. The predicted molar refractivity (Wildman–Crippen MR) is 74.7 cm³/mol. The van der Waals surface area contributed by atoms with Gasteiger partial charge in [0.15, 0.2) is 0 Å². The van der Waals surface area contributed by atoms with Crippen molar-refractivity contribution in [2.24, 2.45) is 5.84 Å². The van der Waals surface area contributed by atoms with E-state index in [2.05, 4.69) is 21.4 Å². The molecular formula is C14H11BrF4N2. The van der Waals surface area contributed by atoms with Crippen molar-refractivity contribution in [3.05, 3.63) is 69.4 Å². The molecule has 3 N–H and O–H groups in total. The average molecular weight is 363 g/mol. The molecule has 0 aliphatic carbocycles. The van der Waals surface area contributed by atoms with Crippen LogP contribution in [0.25, 0.3) is 0 Å². The van der Waals surface area contributed by atoms with Gasteiger partial charge in [0.25, 0.3) is 0 Å². The smallest absolute Gasteiger partial charge is 0.271 e. The number of halogens is 5. The summed E-state index contributed by atoms with van der Waals surface area (Å²) in [7, 11) is 0. The number of nitrogens with one attached hydrogen (secondary N) is 1. The normalized spacial score (nSPS) is 13.2. The molecule has 112 valence electrons. The van der Waals surface area contributed by atoms with Crippen LogP contribution in [-0.4, -0.2) is 0 Å². The molecule has 2 nitrogen and oxygen atoms in total.